The lowest BCUT2D eigenvalue weighted by atomic mass is 10.2. The summed E-state index contributed by atoms with van der Waals surface area (Å²) in [5, 5.41) is 0. The van der Waals surface area contributed by atoms with Gasteiger partial charge in [0.05, 0.1) is 6.67 Å². The number of carbonyl (C=O) groups excluding carboxylic acids is 1. The van der Waals surface area contributed by atoms with E-state index in [1.807, 2.05) is 33.0 Å². The smallest absolute Gasteiger partial charge is 0.246 e. The van der Waals surface area contributed by atoms with Crippen LogP contribution in [0.1, 0.15) is 12.6 Å². The van der Waals surface area contributed by atoms with Crippen LogP contribution in [0.15, 0.2) is 18.3 Å². The number of pyridine rings is 1. The third-order valence-corrected chi connectivity index (χ3v) is 2.78. The van der Waals surface area contributed by atoms with Crippen LogP contribution in [-0.4, -0.2) is 35.5 Å². The monoisotopic (exact) mass is 205 g/mol. The molecule has 15 heavy (non-hydrogen) atoms. The summed E-state index contributed by atoms with van der Waals surface area (Å²) in [5.74, 6) is 0.171. The van der Waals surface area contributed by atoms with Crippen LogP contribution in [-0.2, 0) is 4.79 Å². The standard InChI is InChI=1S/C11H15N3O/c1-8-6-10(4-5-12-8)14-7-13(3)11(15)9(14)2/h4-6,9H,7H2,1-3H3. The average molecular weight is 205 g/mol. The van der Waals surface area contributed by atoms with E-state index in [4.69, 9.17) is 0 Å². The van der Waals surface area contributed by atoms with Crippen molar-refractivity contribution in [2.45, 2.75) is 19.9 Å². The molecular weight excluding hydrogens is 190 g/mol. The number of aryl methyl sites for hydroxylation is 1. The molecule has 1 unspecified atom stereocenters. The highest BCUT2D eigenvalue weighted by Gasteiger charge is 2.32. The van der Waals surface area contributed by atoms with Gasteiger partial charge in [-0.15, -0.1) is 0 Å². The van der Waals surface area contributed by atoms with Gasteiger partial charge >= 0.3 is 0 Å². The summed E-state index contributed by atoms with van der Waals surface area (Å²) in [6.07, 6.45) is 1.78. The number of aromatic nitrogens is 1. The van der Waals surface area contributed by atoms with E-state index in [0.717, 1.165) is 11.4 Å². The van der Waals surface area contributed by atoms with Crippen LogP contribution >= 0.6 is 0 Å². The zero-order chi connectivity index (χ0) is 11.0. The van der Waals surface area contributed by atoms with Crippen molar-refractivity contribution < 1.29 is 4.79 Å². The number of rotatable bonds is 1. The molecule has 1 aromatic rings. The summed E-state index contributed by atoms with van der Waals surface area (Å²) in [4.78, 5) is 19.6. The summed E-state index contributed by atoms with van der Waals surface area (Å²) >= 11 is 0. The van der Waals surface area contributed by atoms with Gasteiger partial charge in [-0.3, -0.25) is 9.78 Å². The molecule has 1 amide bonds. The lowest BCUT2D eigenvalue weighted by Gasteiger charge is -2.21. The number of hydrogen-bond acceptors (Lipinski definition) is 3. The number of anilines is 1. The van der Waals surface area contributed by atoms with Crippen molar-refractivity contribution in [3.63, 3.8) is 0 Å². The van der Waals surface area contributed by atoms with Gasteiger partial charge < -0.3 is 9.80 Å². The molecule has 4 nitrogen and oxygen atoms in total. The van der Waals surface area contributed by atoms with E-state index >= 15 is 0 Å². The number of likely N-dealkylation sites (N-methyl/N-ethyl adjacent to an activating group) is 1. The van der Waals surface area contributed by atoms with Crippen LogP contribution in [0.25, 0.3) is 0 Å². The average Bonchev–Trinajstić information content (AvgIpc) is 2.46. The minimum Gasteiger partial charge on any atom is -0.342 e. The largest absolute Gasteiger partial charge is 0.342 e. The van der Waals surface area contributed by atoms with Crippen molar-refractivity contribution in [3.8, 4) is 0 Å². The molecule has 1 aromatic heterocycles. The van der Waals surface area contributed by atoms with Crippen LogP contribution < -0.4 is 4.90 Å². The van der Waals surface area contributed by atoms with Crippen LogP contribution in [0.2, 0.25) is 0 Å². The molecule has 0 aliphatic carbocycles. The van der Waals surface area contributed by atoms with E-state index in [1.165, 1.54) is 0 Å². The van der Waals surface area contributed by atoms with Gasteiger partial charge in [-0.05, 0) is 26.0 Å². The first kappa shape index (κ1) is 9.96. The molecule has 2 heterocycles. The molecule has 1 atom stereocenters. The molecule has 0 radical (unpaired) electrons. The van der Waals surface area contributed by atoms with Crippen molar-refractivity contribution in [2.24, 2.45) is 0 Å². The first-order chi connectivity index (χ1) is 7.09. The van der Waals surface area contributed by atoms with Gasteiger partial charge in [0.25, 0.3) is 0 Å². The lowest BCUT2D eigenvalue weighted by molar-refractivity contribution is -0.127. The topological polar surface area (TPSA) is 36.4 Å². The number of amides is 1. The first-order valence-corrected chi connectivity index (χ1v) is 5.04. The fourth-order valence-electron chi connectivity index (χ4n) is 1.89. The molecule has 0 spiro atoms. The number of nitrogens with zero attached hydrogens (tertiary/aromatic N) is 3. The van der Waals surface area contributed by atoms with E-state index in [1.54, 1.807) is 11.1 Å². The van der Waals surface area contributed by atoms with Gasteiger partial charge in [-0.1, -0.05) is 0 Å². The van der Waals surface area contributed by atoms with Gasteiger partial charge in [-0.25, -0.2) is 0 Å². The molecule has 4 heteroatoms. The van der Waals surface area contributed by atoms with E-state index in [0.29, 0.717) is 6.67 Å². The highest BCUT2D eigenvalue weighted by Crippen LogP contribution is 2.22. The summed E-state index contributed by atoms with van der Waals surface area (Å²) in [6, 6.07) is 3.87. The highest BCUT2D eigenvalue weighted by atomic mass is 16.2. The molecule has 80 valence electrons. The van der Waals surface area contributed by atoms with Gasteiger partial charge in [0, 0.05) is 24.6 Å². The van der Waals surface area contributed by atoms with E-state index < -0.39 is 0 Å². The molecule has 0 saturated carbocycles. The minimum absolute atomic E-state index is 0.0724. The Morgan fingerprint density at radius 2 is 2.27 bits per heavy atom. The Hall–Kier alpha value is -1.58. The second kappa shape index (κ2) is 3.53. The zero-order valence-corrected chi connectivity index (χ0v) is 9.27. The second-order valence-electron chi connectivity index (χ2n) is 3.98. The summed E-state index contributed by atoms with van der Waals surface area (Å²) < 4.78 is 0. The number of carbonyl (C=O) groups is 1. The maximum atomic E-state index is 11.6. The molecule has 1 fully saturated rings. The maximum absolute atomic E-state index is 11.6. The van der Waals surface area contributed by atoms with Crippen LogP contribution in [0.5, 0.6) is 0 Å². The summed E-state index contributed by atoms with van der Waals surface area (Å²) in [7, 11) is 1.83. The van der Waals surface area contributed by atoms with Crippen molar-refractivity contribution in [1.82, 2.24) is 9.88 Å². The predicted molar refractivity (Wildman–Crippen MR) is 58.6 cm³/mol. The van der Waals surface area contributed by atoms with E-state index in [9.17, 15) is 4.79 Å². The lowest BCUT2D eigenvalue weighted by Crippen LogP contribution is -2.29. The third kappa shape index (κ3) is 1.67. The maximum Gasteiger partial charge on any atom is 0.246 e. The molecule has 1 saturated heterocycles. The number of hydrogen-bond donors (Lipinski definition) is 0. The Labute approximate surface area is 89.5 Å². The van der Waals surface area contributed by atoms with Crippen LogP contribution in [0, 0.1) is 6.92 Å². The molecular formula is C11H15N3O. The Morgan fingerprint density at radius 1 is 1.53 bits per heavy atom. The van der Waals surface area contributed by atoms with Crippen molar-refractivity contribution in [1.29, 1.82) is 0 Å². The Morgan fingerprint density at radius 3 is 2.80 bits per heavy atom. The second-order valence-corrected chi connectivity index (χ2v) is 3.98. The molecule has 1 aliphatic heterocycles. The molecule has 2 rings (SSSR count). The zero-order valence-electron chi connectivity index (χ0n) is 9.27. The SMILES string of the molecule is Cc1cc(N2CN(C)C(=O)C2C)ccn1. The van der Waals surface area contributed by atoms with Gasteiger partial charge in [0.2, 0.25) is 5.91 Å². The highest BCUT2D eigenvalue weighted by molar-refractivity contribution is 5.87. The summed E-state index contributed by atoms with van der Waals surface area (Å²) in [6.45, 7) is 4.54. The van der Waals surface area contributed by atoms with E-state index in [-0.39, 0.29) is 11.9 Å². The Kier molecular flexibility index (Phi) is 2.34. The minimum atomic E-state index is -0.0724. The van der Waals surface area contributed by atoms with Gasteiger partial charge in [0.1, 0.15) is 6.04 Å². The first-order valence-electron chi connectivity index (χ1n) is 5.04. The van der Waals surface area contributed by atoms with Crippen molar-refractivity contribution >= 4 is 11.6 Å². The molecule has 0 bridgehead atoms. The van der Waals surface area contributed by atoms with Crippen LogP contribution in [0.3, 0.4) is 0 Å². The fourth-order valence-corrected chi connectivity index (χ4v) is 1.89. The third-order valence-electron chi connectivity index (χ3n) is 2.78. The molecule has 0 N–H and O–H groups in total. The molecule has 1 aliphatic rings. The Bertz CT molecular complexity index is 391. The van der Waals surface area contributed by atoms with Crippen molar-refractivity contribution in [2.75, 3.05) is 18.6 Å². The van der Waals surface area contributed by atoms with Crippen molar-refractivity contribution in [3.05, 3.63) is 24.0 Å². The van der Waals surface area contributed by atoms with E-state index in [2.05, 4.69) is 9.88 Å². The van der Waals surface area contributed by atoms with Gasteiger partial charge in [0.15, 0.2) is 0 Å². The summed E-state index contributed by atoms with van der Waals surface area (Å²) in [5.41, 5.74) is 2.04. The van der Waals surface area contributed by atoms with Gasteiger partial charge in [-0.2, -0.15) is 0 Å². The Balaban J connectivity index is 2.29. The predicted octanol–water partition coefficient (Wildman–Crippen LogP) is 1.01. The normalized spacial score (nSPS) is 21.3. The quantitative estimate of drug-likeness (QED) is 0.686. The molecule has 0 aromatic carbocycles. The van der Waals surface area contributed by atoms with Crippen LogP contribution in [0.4, 0.5) is 5.69 Å². The fraction of sp³-hybridized carbons (Fsp3) is 0.455.